The molecule has 3 N–H and O–H groups in total. The zero-order valence-electron chi connectivity index (χ0n) is 13.4. The summed E-state index contributed by atoms with van der Waals surface area (Å²) >= 11 is 0. The molecule has 0 saturated carbocycles. The van der Waals surface area contributed by atoms with E-state index in [0.29, 0.717) is 13.2 Å². The average molecular weight is 355 g/mol. The predicted molar refractivity (Wildman–Crippen MR) is 94.9 cm³/mol. The Hall–Kier alpha value is -0.720. The molecular formula is C15H28Cl2N2O3. The number of aliphatic hydroxyl groups excluding tert-OH is 1. The van der Waals surface area contributed by atoms with Crippen LogP contribution in [0.3, 0.4) is 0 Å². The summed E-state index contributed by atoms with van der Waals surface area (Å²) in [6, 6.07) is 5.90. The molecule has 130 valence electrons. The molecule has 0 heterocycles. The molecule has 5 nitrogen and oxygen atoms in total. The summed E-state index contributed by atoms with van der Waals surface area (Å²) in [6.07, 6.45) is -0.307. The highest BCUT2D eigenvalue weighted by molar-refractivity contribution is 5.85. The Kier molecular flexibility index (Phi) is 14.9. The van der Waals surface area contributed by atoms with Crippen LogP contribution in [0.5, 0.6) is 11.5 Å². The van der Waals surface area contributed by atoms with E-state index in [1.165, 1.54) is 0 Å². The lowest BCUT2D eigenvalue weighted by Crippen LogP contribution is -2.31. The van der Waals surface area contributed by atoms with Gasteiger partial charge in [0.25, 0.3) is 0 Å². The van der Waals surface area contributed by atoms with E-state index < -0.39 is 0 Å². The van der Waals surface area contributed by atoms with E-state index in [1.54, 1.807) is 14.0 Å². The fraction of sp³-hybridized carbons (Fsp3) is 0.600. The topological polar surface area (TPSA) is 62.8 Å². The molecule has 0 amide bonds. The van der Waals surface area contributed by atoms with Gasteiger partial charge in [-0.05, 0) is 19.9 Å². The number of rotatable bonds is 10. The van der Waals surface area contributed by atoms with E-state index in [2.05, 4.69) is 10.6 Å². The molecule has 0 aromatic heterocycles. The first-order chi connectivity index (χ1) is 9.69. The van der Waals surface area contributed by atoms with Crippen molar-refractivity contribution in [2.75, 3.05) is 33.4 Å². The molecule has 0 fully saturated rings. The van der Waals surface area contributed by atoms with Crippen molar-refractivity contribution < 1.29 is 14.6 Å². The molecule has 1 aromatic rings. The van der Waals surface area contributed by atoms with Crippen LogP contribution in [0.1, 0.15) is 19.4 Å². The lowest BCUT2D eigenvalue weighted by Gasteiger charge is -2.14. The van der Waals surface area contributed by atoms with E-state index in [0.717, 1.165) is 36.7 Å². The van der Waals surface area contributed by atoms with Crippen molar-refractivity contribution in [3.63, 3.8) is 0 Å². The number of hydrogen-bond donors (Lipinski definition) is 3. The summed E-state index contributed by atoms with van der Waals surface area (Å²) in [6.45, 7) is 7.33. The largest absolute Gasteiger partial charge is 0.493 e. The maximum absolute atomic E-state index is 9.13. The summed E-state index contributed by atoms with van der Waals surface area (Å²) in [7, 11) is 1.65. The van der Waals surface area contributed by atoms with Gasteiger partial charge in [-0.25, -0.2) is 0 Å². The van der Waals surface area contributed by atoms with Crippen molar-refractivity contribution in [2.45, 2.75) is 26.5 Å². The normalized spacial score (nSPS) is 11.1. The van der Waals surface area contributed by atoms with Crippen molar-refractivity contribution >= 4 is 24.8 Å². The molecule has 0 radical (unpaired) electrons. The van der Waals surface area contributed by atoms with Crippen molar-refractivity contribution in [2.24, 2.45) is 0 Å². The zero-order valence-corrected chi connectivity index (χ0v) is 15.1. The monoisotopic (exact) mass is 354 g/mol. The number of ether oxygens (including phenoxy) is 2. The molecule has 0 aliphatic rings. The van der Waals surface area contributed by atoms with Gasteiger partial charge >= 0.3 is 0 Å². The highest BCUT2D eigenvalue weighted by Gasteiger charge is 2.09. The Bertz CT molecular complexity index is 393. The standard InChI is InChI=1S/C15H26N2O3.2ClH/c1-4-20-15-13(6-5-7-14(15)19-3)11-17-9-8-16-10-12(2)18;;/h5-7,12,16-18H,4,8-11H2,1-3H3;2*1H. The first-order valence-corrected chi connectivity index (χ1v) is 7.07. The molecule has 22 heavy (non-hydrogen) atoms. The van der Waals surface area contributed by atoms with Crippen LogP contribution in [-0.4, -0.2) is 44.6 Å². The molecule has 0 aliphatic carbocycles. The minimum Gasteiger partial charge on any atom is -0.493 e. The Morgan fingerprint density at radius 2 is 1.86 bits per heavy atom. The van der Waals surface area contributed by atoms with E-state index in [1.807, 2.05) is 25.1 Å². The van der Waals surface area contributed by atoms with Crippen LogP contribution in [0.2, 0.25) is 0 Å². The number of aliphatic hydroxyl groups is 1. The number of halogens is 2. The Balaban J connectivity index is 0. The fourth-order valence-electron chi connectivity index (χ4n) is 1.88. The highest BCUT2D eigenvalue weighted by Crippen LogP contribution is 2.30. The number of para-hydroxylation sites is 1. The molecule has 0 aliphatic heterocycles. The van der Waals surface area contributed by atoms with Crippen LogP contribution in [-0.2, 0) is 6.54 Å². The van der Waals surface area contributed by atoms with Gasteiger partial charge in [-0.2, -0.15) is 0 Å². The van der Waals surface area contributed by atoms with Crippen molar-refractivity contribution in [1.29, 1.82) is 0 Å². The van der Waals surface area contributed by atoms with Gasteiger partial charge in [0.2, 0.25) is 0 Å². The molecule has 1 unspecified atom stereocenters. The average Bonchev–Trinajstić information content (AvgIpc) is 2.44. The van der Waals surface area contributed by atoms with Crippen LogP contribution in [0.15, 0.2) is 18.2 Å². The van der Waals surface area contributed by atoms with Gasteiger partial charge in [0, 0.05) is 31.7 Å². The smallest absolute Gasteiger partial charge is 0.165 e. The van der Waals surface area contributed by atoms with Gasteiger partial charge in [-0.3, -0.25) is 0 Å². The first kappa shape index (κ1) is 23.5. The van der Waals surface area contributed by atoms with Crippen molar-refractivity contribution in [3.05, 3.63) is 23.8 Å². The van der Waals surface area contributed by atoms with Gasteiger partial charge in [0.1, 0.15) is 0 Å². The Morgan fingerprint density at radius 3 is 2.45 bits per heavy atom. The van der Waals surface area contributed by atoms with E-state index in [4.69, 9.17) is 14.6 Å². The molecule has 1 rings (SSSR count). The molecule has 0 bridgehead atoms. The molecule has 1 aromatic carbocycles. The van der Waals surface area contributed by atoms with E-state index in [9.17, 15) is 0 Å². The summed E-state index contributed by atoms with van der Waals surface area (Å²) in [5.74, 6) is 1.57. The first-order valence-electron chi connectivity index (χ1n) is 7.07. The minimum atomic E-state index is -0.307. The maximum Gasteiger partial charge on any atom is 0.165 e. The second kappa shape index (κ2) is 13.9. The predicted octanol–water partition coefficient (Wildman–Crippen LogP) is 2.00. The lowest BCUT2D eigenvalue weighted by atomic mass is 10.2. The molecule has 7 heteroatoms. The third-order valence-corrected chi connectivity index (χ3v) is 2.80. The summed E-state index contributed by atoms with van der Waals surface area (Å²) in [5, 5.41) is 15.6. The molecule has 1 atom stereocenters. The summed E-state index contributed by atoms with van der Waals surface area (Å²) in [5.41, 5.74) is 1.08. The molecular weight excluding hydrogens is 327 g/mol. The quantitative estimate of drug-likeness (QED) is 0.561. The Morgan fingerprint density at radius 1 is 1.18 bits per heavy atom. The van der Waals surface area contributed by atoms with Gasteiger partial charge in [-0.15, -0.1) is 24.8 Å². The number of methoxy groups -OCH3 is 1. The number of nitrogens with one attached hydrogen (secondary N) is 2. The van der Waals surface area contributed by atoms with Crippen molar-refractivity contribution in [3.8, 4) is 11.5 Å². The summed E-state index contributed by atoms with van der Waals surface area (Å²) in [4.78, 5) is 0. The van der Waals surface area contributed by atoms with Gasteiger partial charge in [-0.1, -0.05) is 12.1 Å². The number of benzene rings is 1. The van der Waals surface area contributed by atoms with Crippen LogP contribution >= 0.6 is 24.8 Å². The molecule has 0 spiro atoms. The van der Waals surface area contributed by atoms with Gasteiger partial charge < -0.3 is 25.2 Å². The lowest BCUT2D eigenvalue weighted by molar-refractivity contribution is 0.191. The number of hydrogen-bond acceptors (Lipinski definition) is 5. The Labute approximate surface area is 145 Å². The zero-order chi connectivity index (χ0) is 14.8. The van der Waals surface area contributed by atoms with E-state index in [-0.39, 0.29) is 30.9 Å². The van der Waals surface area contributed by atoms with Crippen molar-refractivity contribution in [1.82, 2.24) is 10.6 Å². The van der Waals surface area contributed by atoms with E-state index >= 15 is 0 Å². The van der Waals surface area contributed by atoms with Crippen LogP contribution in [0, 0.1) is 0 Å². The third kappa shape index (κ3) is 8.66. The van der Waals surface area contributed by atoms with Crippen LogP contribution < -0.4 is 20.1 Å². The summed E-state index contributed by atoms with van der Waals surface area (Å²) < 4.78 is 11.0. The van der Waals surface area contributed by atoms with Crippen LogP contribution in [0.4, 0.5) is 0 Å². The third-order valence-electron chi connectivity index (χ3n) is 2.80. The van der Waals surface area contributed by atoms with Gasteiger partial charge in [0.05, 0.1) is 19.8 Å². The fourth-order valence-corrected chi connectivity index (χ4v) is 1.88. The maximum atomic E-state index is 9.13. The highest BCUT2D eigenvalue weighted by atomic mass is 35.5. The SMILES string of the molecule is CCOc1c(CNCCNCC(C)O)cccc1OC.Cl.Cl. The second-order valence-corrected chi connectivity index (χ2v) is 4.61. The van der Waals surface area contributed by atoms with Gasteiger partial charge in [0.15, 0.2) is 11.5 Å². The van der Waals surface area contributed by atoms with Crippen LogP contribution in [0.25, 0.3) is 0 Å². The minimum absolute atomic E-state index is 0. The molecule has 0 saturated heterocycles. The second-order valence-electron chi connectivity index (χ2n) is 4.61.